The second-order valence-electron chi connectivity index (χ2n) is 5.96. The van der Waals surface area contributed by atoms with Crippen LogP contribution in [-0.4, -0.2) is 34.9 Å². The third kappa shape index (κ3) is 2.76. The van der Waals surface area contributed by atoms with Crippen LogP contribution in [0.25, 0.3) is 0 Å². The lowest BCUT2D eigenvalue weighted by atomic mass is 10.2. The number of furan rings is 1. The van der Waals surface area contributed by atoms with E-state index in [2.05, 4.69) is 6.92 Å². The summed E-state index contributed by atoms with van der Waals surface area (Å²) in [5.41, 5.74) is 0. The second kappa shape index (κ2) is 5.84. The number of hydrogen-bond donors (Lipinski definition) is 0. The average molecular weight is 293 g/mol. The maximum atomic E-state index is 12.5. The van der Waals surface area contributed by atoms with Crippen LogP contribution in [0.4, 0.5) is 0 Å². The Morgan fingerprint density at radius 1 is 1.45 bits per heavy atom. The lowest BCUT2D eigenvalue weighted by molar-refractivity contribution is -0.133. The van der Waals surface area contributed by atoms with Gasteiger partial charge in [0.15, 0.2) is 0 Å². The van der Waals surface area contributed by atoms with Gasteiger partial charge in [0.05, 0.1) is 6.26 Å². The molecule has 20 heavy (non-hydrogen) atoms. The van der Waals surface area contributed by atoms with E-state index < -0.39 is 0 Å². The van der Waals surface area contributed by atoms with Crippen molar-refractivity contribution in [3.8, 4) is 0 Å². The fraction of sp³-hybridized carbons (Fsp3) is 0.688. The van der Waals surface area contributed by atoms with E-state index in [1.54, 1.807) is 6.26 Å². The number of hydrogen-bond acceptors (Lipinski definition) is 3. The van der Waals surface area contributed by atoms with Crippen LogP contribution in [0.1, 0.15) is 44.3 Å². The van der Waals surface area contributed by atoms with E-state index in [1.807, 2.05) is 35.8 Å². The Kier molecular flexibility index (Phi) is 4.11. The standard InChI is InChI=1S/C16H23NO2S/c1-3-20-12-7-6-11(9-12)17(2)16(18)14-10-13(14)15-5-4-8-19-15/h4-5,8,11-14H,3,6-7,9-10H2,1-2H3/t11-,12+,13-,14-/m0/s1. The van der Waals surface area contributed by atoms with Crippen molar-refractivity contribution in [2.24, 2.45) is 5.92 Å². The molecule has 4 atom stereocenters. The quantitative estimate of drug-likeness (QED) is 0.833. The molecule has 1 aromatic heterocycles. The molecule has 0 spiro atoms. The molecule has 0 aliphatic heterocycles. The summed E-state index contributed by atoms with van der Waals surface area (Å²) in [6, 6.07) is 4.34. The van der Waals surface area contributed by atoms with E-state index >= 15 is 0 Å². The van der Waals surface area contributed by atoms with Crippen molar-refractivity contribution in [2.45, 2.75) is 49.8 Å². The largest absolute Gasteiger partial charge is 0.469 e. The summed E-state index contributed by atoms with van der Waals surface area (Å²) >= 11 is 2.04. The monoisotopic (exact) mass is 293 g/mol. The summed E-state index contributed by atoms with van der Waals surface area (Å²) in [4.78, 5) is 14.6. The van der Waals surface area contributed by atoms with E-state index in [0.29, 0.717) is 17.9 Å². The van der Waals surface area contributed by atoms with E-state index in [4.69, 9.17) is 4.42 Å². The molecule has 110 valence electrons. The predicted octanol–water partition coefficient (Wildman–Crippen LogP) is 3.52. The summed E-state index contributed by atoms with van der Waals surface area (Å²) in [7, 11) is 1.99. The van der Waals surface area contributed by atoms with Crippen molar-refractivity contribution >= 4 is 17.7 Å². The lowest BCUT2D eigenvalue weighted by Gasteiger charge is -2.25. The zero-order chi connectivity index (χ0) is 14.1. The van der Waals surface area contributed by atoms with Crippen LogP contribution in [0.2, 0.25) is 0 Å². The number of amides is 1. The fourth-order valence-electron chi connectivity index (χ4n) is 3.38. The molecule has 2 aliphatic carbocycles. The molecule has 0 aromatic carbocycles. The molecule has 2 saturated carbocycles. The van der Waals surface area contributed by atoms with Crippen molar-refractivity contribution in [3.05, 3.63) is 24.2 Å². The van der Waals surface area contributed by atoms with Crippen molar-refractivity contribution < 1.29 is 9.21 Å². The van der Waals surface area contributed by atoms with Gasteiger partial charge in [-0.15, -0.1) is 0 Å². The highest BCUT2D eigenvalue weighted by Gasteiger charge is 2.48. The van der Waals surface area contributed by atoms with E-state index in [1.165, 1.54) is 18.6 Å². The molecule has 0 radical (unpaired) electrons. The summed E-state index contributed by atoms with van der Waals surface area (Å²) in [5, 5.41) is 0.750. The van der Waals surface area contributed by atoms with Gasteiger partial charge in [-0.3, -0.25) is 4.79 Å². The SMILES string of the molecule is CCS[C@@H]1CC[C@H](N(C)C(=O)[C@H]2C[C@@H]2c2ccco2)C1. The smallest absolute Gasteiger partial charge is 0.226 e. The van der Waals surface area contributed by atoms with Gasteiger partial charge in [-0.2, -0.15) is 11.8 Å². The van der Waals surface area contributed by atoms with Crippen molar-refractivity contribution in [1.82, 2.24) is 4.90 Å². The van der Waals surface area contributed by atoms with Gasteiger partial charge in [0, 0.05) is 30.2 Å². The molecule has 0 bridgehead atoms. The third-order valence-corrected chi connectivity index (χ3v) is 5.90. The Balaban J connectivity index is 1.53. The lowest BCUT2D eigenvalue weighted by Crippen LogP contribution is -2.36. The van der Waals surface area contributed by atoms with Crippen LogP contribution in [0.3, 0.4) is 0 Å². The number of nitrogens with zero attached hydrogens (tertiary/aromatic N) is 1. The highest BCUT2D eigenvalue weighted by molar-refractivity contribution is 7.99. The van der Waals surface area contributed by atoms with Crippen LogP contribution in [-0.2, 0) is 4.79 Å². The summed E-state index contributed by atoms with van der Waals surface area (Å²) in [5.74, 6) is 2.95. The molecular weight excluding hydrogens is 270 g/mol. The van der Waals surface area contributed by atoms with Gasteiger partial charge in [0.25, 0.3) is 0 Å². The summed E-state index contributed by atoms with van der Waals surface area (Å²) in [6.45, 7) is 2.21. The fourth-order valence-corrected chi connectivity index (χ4v) is 4.51. The van der Waals surface area contributed by atoms with Crippen LogP contribution in [0.5, 0.6) is 0 Å². The average Bonchev–Trinajstić information content (AvgIpc) is 2.89. The normalized spacial score (nSPS) is 32.3. The van der Waals surface area contributed by atoms with E-state index in [0.717, 1.165) is 23.9 Å². The van der Waals surface area contributed by atoms with Crippen LogP contribution in [0.15, 0.2) is 22.8 Å². The Morgan fingerprint density at radius 3 is 3.00 bits per heavy atom. The molecule has 1 aromatic rings. The first-order valence-corrected chi connectivity index (χ1v) is 8.67. The number of carbonyl (C=O) groups is 1. The molecule has 2 aliphatic rings. The maximum absolute atomic E-state index is 12.5. The number of rotatable bonds is 5. The molecule has 2 fully saturated rings. The molecule has 1 amide bonds. The molecular formula is C16H23NO2S. The van der Waals surface area contributed by atoms with Gasteiger partial charge in [-0.25, -0.2) is 0 Å². The zero-order valence-electron chi connectivity index (χ0n) is 12.2. The molecule has 4 heteroatoms. The van der Waals surface area contributed by atoms with Crippen molar-refractivity contribution in [1.29, 1.82) is 0 Å². The Bertz CT molecular complexity index is 459. The van der Waals surface area contributed by atoms with Gasteiger partial charge in [-0.05, 0) is 43.6 Å². The number of thioether (sulfide) groups is 1. The zero-order valence-corrected chi connectivity index (χ0v) is 13.1. The van der Waals surface area contributed by atoms with Gasteiger partial charge >= 0.3 is 0 Å². The highest BCUT2D eigenvalue weighted by Crippen LogP contribution is 2.49. The second-order valence-corrected chi connectivity index (χ2v) is 7.53. The van der Waals surface area contributed by atoms with Crippen LogP contribution >= 0.6 is 11.8 Å². The molecule has 0 saturated heterocycles. The topological polar surface area (TPSA) is 33.5 Å². The minimum absolute atomic E-state index is 0.157. The molecule has 1 heterocycles. The van der Waals surface area contributed by atoms with Crippen molar-refractivity contribution in [2.75, 3.05) is 12.8 Å². The van der Waals surface area contributed by atoms with Crippen LogP contribution < -0.4 is 0 Å². The minimum Gasteiger partial charge on any atom is -0.469 e. The van der Waals surface area contributed by atoms with Gasteiger partial charge in [0.1, 0.15) is 5.76 Å². The van der Waals surface area contributed by atoms with Gasteiger partial charge in [-0.1, -0.05) is 6.92 Å². The highest BCUT2D eigenvalue weighted by atomic mass is 32.2. The molecule has 0 N–H and O–H groups in total. The van der Waals surface area contributed by atoms with E-state index in [-0.39, 0.29) is 5.92 Å². The maximum Gasteiger partial charge on any atom is 0.226 e. The molecule has 3 rings (SSSR count). The van der Waals surface area contributed by atoms with Gasteiger partial charge < -0.3 is 9.32 Å². The minimum atomic E-state index is 0.157. The molecule has 3 nitrogen and oxygen atoms in total. The van der Waals surface area contributed by atoms with E-state index in [9.17, 15) is 4.79 Å². The van der Waals surface area contributed by atoms with Gasteiger partial charge in [0.2, 0.25) is 5.91 Å². The first-order chi connectivity index (χ1) is 9.70. The first-order valence-electron chi connectivity index (χ1n) is 7.62. The first kappa shape index (κ1) is 14.1. The summed E-state index contributed by atoms with van der Waals surface area (Å²) in [6.07, 6.45) is 6.24. The Hall–Kier alpha value is -0.900. The van der Waals surface area contributed by atoms with Crippen LogP contribution in [0, 0.1) is 5.92 Å². The Morgan fingerprint density at radius 2 is 2.30 bits per heavy atom. The molecule has 0 unspecified atom stereocenters. The Labute approximate surface area is 125 Å². The number of carbonyl (C=O) groups excluding carboxylic acids is 1. The summed E-state index contributed by atoms with van der Waals surface area (Å²) < 4.78 is 5.42. The van der Waals surface area contributed by atoms with Crippen molar-refractivity contribution in [3.63, 3.8) is 0 Å². The predicted molar refractivity (Wildman–Crippen MR) is 81.9 cm³/mol. The third-order valence-electron chi connectivity index (χ3n) is 4.67.